The normalized spacial score (nSPS) is 23.2. The number of hydrogen-bond acceptors (Lipinski definition) is 3. The maximum Gasteiger partial charge on any atom is 0.239 e. The maximum atomic E-state index is 11.8. The van der Waals surface area contributed by atoms with Crippen LogP contribution in [0.15, 0.2) is 0 Å². The van der Waals surface area contributed by atoms with Crippen molar-refractivity contribution in [3.05, 3.63) is 0 Å². The van der Waals surface area contributed by atoms with Crippen molar-refractivity contribution in [3.63, 3.8) is 0 Å². The lowest BCUT2D eigenvalue weighted by Crippen LogP contribution is -2.45. The summed E-state index contributed by atoms with van der Waals surface area (Å²) < 4.78 is 0. The van der Waals surface area contributed by atoms with Gasteiger partial charge < -0.3 is 15.5 Å². The van der Waals surface area contributed by atoms with Crippen molar-refractivity contribution in [2.75, 3.05) is 32.7 Å². The van der Waals surface area contributed by atoms with Crippen LogP contribution in [0.2, 0.25) is 0 Å². The van der Waals surface area contributed by atoms with Gasteiger partial charge in [0.2, 0.25) is 11.8 Å². The van der Waals surface area contributed by atoms with Crippen molar-refractivity contribution >= 4 is 11.8 Å². The zero-order chi connectivity index (χ0) is 13.0. The van der Waals surface area contributed by atoms with Gasteiger partial charge in [-0.1, -0.05) is 6.92 Å². The third-order valence-electron chi connectivity index (χ3n) is 4.03. The SMILES string of the molecule is CC1(CNC(=O)CN2CCCC2=O)CCNCC1. The van der Waals surface area contributed by atoms with E-state index in [0.717, 1.165) is 45.4 Å². The fourth-order valence-electron chi connectivity index (χ4n) is 2.62. The van der Waals surface area contributed by atoms with E-state index in [0.29, 0.717) is 6.42 Å². The largest absolute Gasteiger partial charge is 0.354 e. The van der Waals surface area contributed by atoms with Gasteiger partial charge in [-0.05, 0) is 37.8 Å². The Kier molecular flexibility index (Phi) is 4.22. The minimum Gasteiger partial charge on any atom is -0.354 e. The van der Waals surface area contributed by atoms with Crippen LogP contribution in [-0.2, 0) is 9.59 Å². The number of piperidine rings is 1. The highest BCUT2D eigenvalue weighted by atomic mass is 16.2. The summed E-state index contributed by atoms with van der Waals surface area (Å²) in [5, 5.41) is 6.31. The number of hydrogen-bond donors (Lipinski definition) is 2. The standard InChI is InChI=1S/C13H23N3O2/c1-13(4-6-14-7-5-13)10-15-11(17)9-16-8-2-3-12(16)18/h14H,2-10H2,1H3,(H,15,17). The number of rotatable bonds is 4. The van der Waals surface area contributed by atoms with Crippen molar-refractivity contribution in [1.29, 1.82) is 0 Å². The second-order valence-electron chi connectivity index (χ2n) is 5.76. The maximum absolute atomic E-state index is 11.8. The summed E-state index contributed by atoms with van der Waals surface area (Å²) in [5.41, 5.74) is 0.204. The number of amides is 2. The molecule has 2 heterocycles. The smallest absolute Gasteiger partial charge is 0.239 e. The molecule has 0 aliphatic carbocycles. The minimum absolute atomic E-state index is 0.0231. The molecule has 0 atom stereocenters. The molecule has 2 saturated heterocycles. The molecule has 0 aromatic heterocycles. The van der Waals surface area contributed by atoms with Gasteiger partial charge in [0.1, 0.15) is 0 Å². The molecule has 2 N–H and O–H groups in total. The van der Waals surface area contributed by atoms with Crippen LogP contribution in [0.5, 0.6) is 0 Å². The number of nitrogens with zero attached hydrogens (tertiary/aromatic N) is 1. The van der Waals surface area contributed by atoms with Crippen LogP contribution < -0.4 is 10.6 Å². The lowest BCUT2D eigenvalue weighted by atomic mass is 9.81. The summed E-state index contributed by atoms with van der Waals surface area (Å²) in [6.07, 6.45) is 3.66. The molecule has 5 heteroatoms. The summed E-state index contributed by atoms with van der Waals surface area (Å²) in [7, 11) is 0. The van der Waals surface area contributed by atoms with Crippen molar-refractivity contribution in [2.24, 2.45) is 5.41 Å². The number of likely N-dealkylation sites (tertiary alicyclic amines) is 1. The van der Waals surface area contributed by atoms with Crippen molar-refractivity contribution in [1.82, 2.24) is 15.5 Å². The first kappa shape index (κ1) is 13.3. The summed E-state index contributed by atoms with van der Waals surface area (Å²) in [5.74, 6) is 0.0863. The first-order valence-corrected chi connectivity index (χ1v) is 6.84. The molecule has 0 spiro atoms. The van der Waals surface area contributed by atoms with E-state index in [9.17, 15) is 9.59 Å². The van der Waals surface area contributed by atoms with Gasteiger partial charge in [0.25, 0.3) is 0 Å². The van der Waals surface area contributed by atoms with E-state index in [4.69, 9.17) is 0 Å². The molecule has 0 bridgehead atoms. The van der Waals surface area contributed by atoms with Crippen LogP contribution in [0.3, 0.4) is 0 Å². The van der Waals surface area contributed by atoms with Gasteiger partial charge in [0, 0.05) is 19.5 Å². The second-order valence-corrected chi connectivity index (χ2v) is 5.76. The van der Waals surface area contributed by atoms with Gasteiger partial charge in [-0.25, -0.2) is 0 Å². The number of carbonyl (C=O) groups is 2. The van der Waals surface area contributed by atoms with Crippen LogP contribution in [0.1, 0.15) is 32.6 Å². The first-order valence-electron chi connectivity index (χ1n) is 6.84. The fraction of sp³-hybridized carbons (Fsp3) is 0.846. The third kappa shape index (κ3) is 3.45. The Bertz CT molecular complexity index is 324. The van der Waals surface area contributed by atoms with E-state index in [1.807, 2.05) is 0 Å². The minimum atomic E-state index is -0.0231. The Morgan fingerprint density at radius 1 is 1.44 bits per heavy atom. The van der Waals surface area contributed by atoms with Crippen LogP contribution in [-0.4, -0.2) is 49.4 Å². The molecule has 2 amide bonds. The lowest BCUT2D eigenvalue weighted by Gasteiger charge is -2.34. The molecular formula is C13H23N3O2. The second kappa shape index (κ2) is 5.69. The van der Waals surface area contributed by atoms with E-state index < -0.39 is 0 Å². The Morgan fingerprint density at radius 3 is 2.78 bits per heavy atom. The van der Waals surface area contributed by atoms with Gasteiger partial charge in [-0.3, -0.25) is 9.59 Å². The zero-order valence-corrected chi connectivity index (χ0v) is 11.1. The van der Waals surface area contributed by atoms with Crippen LogP contribution in [0.25, 0.3) is 0 Å². The summed E-state index contributed by atoms with van der Waals surface area (Å²) in [4.78, 5) is 24.9. The monoisotopic (exact) mass is 253 g/mol. The fourth-order valence-corrected chi connectivity index (χ4v) is 2.62. The van der Waals surface area contributed by atoms with Crippen LogP contribution in [0, 0.1) is 5.41 Å². The van der Waals surface area contributed by atoms with Crippen LogP contribution in [0.4, 0.5) is 0 Å². The molecule has 2 aliphatic rings. The Balaban J connectivity index is 1.72. The Morgan fingerprint density at radius 2 is 2.17 bits per heavy atom. The number of nitrogens with one attached hydrogen (secondary N) is 2. The molecule has 0 radical (unpaired) electrons. The molecule has 0 saturated carbocycles. The highest BCUT2D eigenvalue weighted by Gasteiger charge is 2.28. The molecule has 0 unspecified atom stereocenters. The van der Waals surface area contributed by atoms with E-state index in [2.05, 4.69) is 17.6 Å². The average molecular weight is 253 g/mol. The molecule has 0 aromatic rings. The third-order valence-corrected chi connectivity index (χ3v) is 4.03. The van der Waals surface area contributed by atoms with Crippen LogP contribution >= 0.6 is 0 Å². The molecule has 18 heavy (non-hydrogen) atoms. The molecule has 0 aromatic carbocycles. The van der Waals surface area contributed by atoms with Gasteiger partial charge in [0.15, 0.2) is 0 Å². The van der Waals surface area contributed by atoms with Gasteiger partial charge in [0.05, 0.1) is 6.54 Å². The highest BCUT2D eigenvalue weighted by molar-refractivity contribution is 5.85. The zero-order valence-electron chi connectivity index (χ0n) is 11.1. The van der Waals surface area contributed by atoms with Gasteiger partial charge in [-0.15, -0.1) is 0 Å². The van der Waals surface area contributed by atoms with Crippen molar-refractivity contribution in [2.45, 2.75) is 32.6 Å². The van der Waals surface area contributed by atoms with E-state index in [1.165, 1.54) is 0 Å². The lowest BCUT2D eigenvalue weighted by molar-refractivity contribution is -0.133. The van der Waals surface area contributed by atoms with E-state index >= 15 is 0 Å². The first-order chi connectivity index (χ1) is 8.59. The number of carbonyl (C=O) groups excluding carboxylic acids is 2. The summed E-state index contributed by atoms with van der Waals surface area (Å²) in [6, 6.07) is 0. The van der Waals surface area contributed by atoms with Gasteiger partial charge >= 0.3 is 0 Å². The predicted octanol–water partition coefficient (Wildman–Crippen LogP) is 0.115. The topological polar surface area (TPSA) is 61.4 Å². The molecule has 102 valence electrons. The Labute approximate surface area is 108 Å². The van der Waals surface area contributed by atoms with Crippen molar-refractivity contribution in [3.8, 4) is 0 Å². The average Bonchev–Trinajstić information content (AvgIpc) is 2.74. The predicted molar refractivity (Wildman–Crippen MR) is 69.0 cm³/mol. The molecule has 2 aliphatic heterocycles. The van der Waals surface area contributed by atoms with Crippen molar-refractivity contribution < 1.29 is 9.59 Å². The van der Waals surface area contributed by atoms with Gasteiger partial charge in [-0.2, -0.15) is 0 Å². The molecule has 2 fully saturated rings. The molecular weight excluding hydrogens is 230 g/mol. The summed E-state index contributed by atoms with van der Waals surface area (Å²) in [6.45, 7) is 5.94. The Hall–Kier alpha value is -1.10. The quantitative estimate of drug-likeness (QED) is 0.748. The van der Waals surface area contributed by atoms with E-state index in [-0.39, 0.29) is 23.8 Å². The van der Waals surface area contributed by atoms with E-state index in [1.54, 1.807) is 4.90 Å². The summed E-state index contributed by atoms with van der Waals surface area (Å²) >= 11 is 0. The molecule has 5 nitrogen and oxygen atoms in total. The highest BCUT2D eigenvalue weighted by Crippen LogP contribution is 2.26. The molecule has 2 rings (SSSR count).